The maximum atomic E-state index is 6.56. The Morgan fingerprint density at radius 3 is 2.81 bits per heavy atom. The van der Waals surface area contributed by atoms with Gasteiger partial charge in [-0.1, -0.05) is 33.3 Å². The van der Waals surface area contributed by atoms with E-state index in [0.29, 0.717) is 17.9 Å². The number of aromatic nitrogens is 1. The summed E-state index contributed by atoms with van der Waals surface area (Å²) < 4.78 is 0. The SMILES string of the molecule is CC1CCC(C(C)(C)C2CCCc3cccnc32)C(N)C1. The minimum atomic E-state index is 0.253. The first kappa shape index (κ1) is 15.0. The average Bonchev–Trinajstić information content (AvgIpc) is 2.46. The van der Waals surface area contributed by atoms with Gasteiger partial charge in [-0.25, -0.2) is 0 Å². The molecule has 21 heavy (non-hydrogen) atoms. The van der Waals surface area contributed by atoms with Crippen LogP contribution in [0.4, 0.5) is 0 Å². The van der Waals surface area contributed by atoms with Gasteiger partial charge in [0.15, 0.2) is 0 Å². The van der Waals surface area contributed by atoms with Crippen molar-refractivity contribution in [1.82, 2.24) is 4.98 Å². The second kappa shape index (κ2) is 5.72. The van der Waals surface area contributed by atoms with Crippen molar-refractivity contribution in [3.05, 3.63) is 29.6 Å². The van der Waals surface area contributed by atoms with Crippen LogP contribution in [0.1, 0.15) is 70.1 Å². The van der Waals surface area contributed by atoms with Gasteiger partial charge < -0.3 is 5.73 Å². The van der Waals surface area contributed by atoms with Crippen LogP contribution in [0.2, 0.25) is 0 Å². The molecule has 2 heteroatoms. The number of fused-ring (bicyclic) bond motifs is 1. The molecule has 116 valence electrons. The van der Waals surface area contributed by atoms with Crippen molar-refractivity contribution in [2.75, 3.05) is 0 Å². The first-order valence-electron chi connectivity index (χ1n) is 8.69. The van der Waals surface area contributed by atoms with E-state index in [2.05, 4.69) is 32.9 Å². The zero-order valence-electron chi connectivity index (χ0n) is 13.8. The maximum Gasteiger partial charge on any atom is 0.0471 e. The largest absolute Gasteiger partial charge is 0.327 e. The Hall–Kier alpha value is -0.890. The molecular weight excluding hydrogens is 256 g/mol. The normalized spacial score (nSPS) is 33.5. The molecule has 3 rings (SSSR count). The topological polar surface area (TPSA) is 38.9 Å². The summed E-state index contributed by atoms with van der Waals surface area (Å²) in [5.41, 5.74) is 9.65. The summed E-state index contributed by atoms with van der Waals surface area (Å²) >= 11 is 0. The van der Waals surface area contributed by atoms with Crippen LogP contribution in [0.5, 0.6) is 0 Å². The molecule has 0 amide bonds. The van der Waals surface area contributed by atoms with Crippen molar-refractivity contribution < 1.29 is 0 Å². The fourth-order valence-electron chi connectivity index (χ4n) is 4.94. The van der Waals surface area contributed by atoms with E-state index in [0.717, 1.165) is 5.92 Å². The van der Waals surface area contributed by atoms with Gasteiger partial charge >= 0.3 is 0 Å². The fourth-order valence-corrected chi connectivity index (χ4v) is 4.94. The number of hydrogen-bond acceptors (Lipinski definition) is 2. The molecule has 1 aromatic heterocycles. The van der Waals surface area contributed by atoms with Crippen LogP contribution in [-0.2, 0) is 6.42 Å². The molecular formula is C19H30N2. The van der Waals surface area contributed by atoms with Gasteiger partial charge in [0.1, 0.15) is 0 Å². The van der Waals surface area contributed by atoms with E-state index in [1.807, 2.05) is 6.20 Å². The summed E-state index contributed by atoms with van der Waals surface area (Å²) in [6.07, 6.45) is 9.55. The number of pyridine rings is 1. The Balaban J connectivity index is 1.88. The van der Waals surface area contributed by atoms with Gasteiger partial charge in [-0.15, -0.1) is 0 Å². The zero-order chi connectivity index (χ0) is 15.0. The molecule has 1 aromatic rings. The number of nitrogens with two attached hydrogens (primary N) is 1. The highest BCUT2D eigenvalue weighted by Crippen LogP contribution is 2.51. The van der Waals surface area contributed by atoms with Gasteiger partial charge in [0.2, 0.25) is 0 Å². The number of rotatable bonds is 2. The third kappa shape index (κ3) is 2.75. The molecule has 0 aliphatic heterocycles. The molecule has 4 atom stereocenters. The Kier molecular flexibility index (Phi) is 4.09. The summed E-state index contributed by atoms with van der Waals surface area (Å²) in [6, 6.07) is 4.72. The Labute approximate surface area is 129 Å². The minimum Gasteiger partial charge on any atom is -0.327 e. The average molecular weight is 286 g/mol. The van der Waals surface area contributed by atoms with E-state index in [9.17, 15) is 0 Å². The first-order valence-corrected chi connectivity index (χ1v) is 8.69. The molecule has 2 nitrogen and oxygen atoms in total. The van der Waals surface area contributed by atoms with Crippen molar-refractivity contribution in [2.45, 2.75) is 71.3 Å². The van der Waals surface area contributed by atoms with Gasteiger partial charge in [-0.3, -0.25) is 4.98 Å². The smallest absolute Gasteiger partial charge is 0.0471 e. The van der Waals surface area contributed by atoms with Gasteiger partial charge in [-0.2, -0.15) is 0 Å². The molecule has 4 unspecified atom stereocenters. The van der Waals surface area contributed by atoms with Crippen molar-refractivity contribution in [3.63, 3.8) is 0 Å². The van der Waals surface area contributed by atoms with Gasteiger partial charge in [-0.05, 0) is 61.0 Å². The molecule has 0 saturated heterocycles. The van der Waals surface area contributed by atoms with Crippen LogP contribution in [0.3, 0.4) is 0 Å². The third-order valence-electron chi connectivity index (χ3n) is 6.21. The molecule has 1 fully saturated rings. The van der Waals surface area contributed by atoms with Crippen LogP contribution in [-0.4, -0.2) is 11.0 Å². The van der Waals surface area contributed by atoms with Crippen molar-refractivity contribution >= 4 is 0 Å². The molecule has 0 aromatic carbocycles. The predicted octanol–water partition coefficient (Wildman–Crippen LogP) is 4.29. The molecule has 1 saturated carbocycles. The second-order valence-corrected chi connectivity index (χ2v) is 8.00. The van der Waals surface area contributed by atoms with E-state index < -0.39 is 0 Å². The molecule has 0 bridgehead atoms. The lowest BCUT2D eigenvalue weighted by atomic mass is 9.58. The van der Waals surface area contributed by atoms with E-state index in [-0.39, 0.29) is 5.41 Å². The van der Waals surface area contributed by atoms with Crippen molar-refractivity contribution in [2.24, 2.45) is 23.0 Å². The lowest BCUT2D eigenvalue weighted by Gasteiger charge is -2.48. The van der Waals surface area contributed by atoms with E-state index in [1.54, 1.807) is 0 Å². The number of hydrogen-bond donors (Lipinski definition) is 1. The maximum absolute atomic E-state index is 6.56. The lowest BCUT2D eigenvalue weighted by molar-refractivity contribution is 0.0779. The quantitative estimate of drug-likeness (QED) is 0.880. The van der Waals surface area contributed by atoms with Gasteiger partial charge in [0.05, 0.1) is 0 Å². The fraction of sp³-hybridized carbons (Fsp3) is 0.737. The Morgan fingerprint density at radius 1 is 1.24 bits per heavy atom. The van der Waals surface area contributed by atoms with E-state index in [4.69, 9.17) is 10.7 Å². The van der Waals surface area contributed by atoms with Crippen LogP contribution >= 0.6 is 0 Å². The predicted molar refractivity (Wildman–Crippen MR) is 88.2 cm³/mol. The van der Waals surface area contributed by atoms with Crippen molar-refractivity contribution in [1.29, 1.82) is 0 Å². The van der Waals surface area contributed by atoms with E-state index in [1.165, 1.54) is 49.8 Å². The summed E-state index contributed by atoms with van der Waals surface area (Å²) in [4.78, 5) is 4.76. The summed E-state index contributed by atoms with van der Waals surface area (Å²) in [5.74, 6) is 2.00. The number of aryl methyl sites for hydroxylation is 1. The zero-order valence-corrected chi connectivity index (χ0v) is 13.8. The highest BCUT2D eigenvalue weighted by atomic mass is 14.7. The van der Waals surface area contributed by atoms with Crippen molar-refractivity contribution in [3.8, 4) is 0 Å². The van der Waals surface area contributed by atoms with Gasteiger partial charge in [0.25, 0.3) is 0 Å². The number of nitrogens with zero attached hydrogens (tertiary/aromatic N) is 1. The highest BCUT2D eigenvalue weighted by molar-refractivity contribution is 5.28. The standard InChI is InChI=1S/C19H30N2/c1-13-9-10-15(17(20)12-13)19(2,3)16-8-4-6-14-7-5-11-21-18(14)16/h5,7,11,13,15-17H,4,6,8-10,12,20H2,1-3H3. The monoisotopic (exact) mass is 286 g/mol. The molecule has 2 aliphatic carbocycles. The molecule has 0 radical (unpaired) electrons. The first-order chi connectivity index (χ1) is 10.00. The van der Waals surface area contributed by atoms with Crippen LogP contribution in [0.25, 0.3) is 0 Å². The Morgan fingerprint density at radius 2 is 2.05 bits per heavy atom. The van der Waals surface area contributed by atoms with E-state index >= 15 is 0 Å². The second-order valence-electron chi connectivity index (χ2n) is 8.00. The molecule has 1 heterocycles. The van der Waals surface area contributed by atoms with Crippen LogP contribution < -0.4 is 5.73 Å². The lowest BCUT2D eigenvalue weighted by Crippen LogP contribution is -2.46. The van der Waals surface area contributed by atoms with Crippen LogP contribution in [0, 0.1) is 17.3 Å². The van der Waals surface area contributed by atoms with Gasteiger partial charge in [0, 0.05) is 23.9 Å². The summed E-state index contributed by atoms with van der Waals surface area (Å²) in [7, 11) is 0. The van der Waals surface area contributed by atoms with Crippen LogP contribution in [0.15, 0.2) is 18.3 Å². The third-order valence-corrected chi connectivity index (χ3v) is 6.21. The summed E-state index contributed by atoms with van der Waals surface area (Å²) in [6.45, 7) is 7.24. The molecule has 2 N–H and O–H groups in total. The minimum absolute atomic E-state index is 0.253. The summed E-state index contributed by atoms with van der Waals surface area (Å²) in [5, 5.41) is 0. The highest BCUT2D eigenvalue weighted by Gasteiger charge is 2.44. The Bertz CT molecular complexity index is 494. The molecule has 0 spiro atoms. The molecule has 2 aliphatic rings.